The number of primary amides is 1. The maximum atomic E-state index is 10.4. The monoisotopic (exact) mass is 179 g/mol. The Labute approximate surface area is 77.0 Å². The lowest BCUT2D eigenvalue weighted by Gasteiger charge is -1.99. The maximum Gasteiger partial charge on any atom is 0.217 e. The summed E-state index contributed by atoms with van der Waals surface area (Å²) in [7, 11) is 0. The first-order chi connectivity index (χ1) is 6.18. The zero-order valence-corrected chi connectivity index (χ0v) is 7.36. The van der Waals surface area contributed by atoms with E-state index in [1.165, 1.54) is 0 Å². The third-order valence-electron chi connectivity index (χ3n) is 1.74. The van der Waals surface area contributed by atoms with E-state index in [1.807, 2.05) is 6.07 Å². The lowest BCUT2D eigenvalue weighted by molar-refractivity contribution is -0.118. The van der Waals surface area contributed by atoms with Gasteiger partial charge in [-0.15, -0.1) is 0 Å². The minimum absolute atomic E-state index is 0.261. The molecule has 0 saturated carbocycles. The van der Waals surface area contributed by atoms with Gasteiger partial charge in [-0.05, 0) is 24.5 Å². The Kier molecular flexibility index (Phi) is 3.25. The molecule has 1 rings (SSSR count). The van der Waals surface area contributed by atoms with Crippen LogP contribution in [0.3, 0.4) is 0 Å². The van der Waals surface area contributed by atoms with Crippen LogP contribution < -0.4 is 11.5 Å². The minimum Gasteiger partial charge on any atom is -0.384 e. The van der Waals surface area contributed by atoms with Crippen molar-refractivity contribution in [3.63, 3.8) is 0 Å². The molecule has 0 atom stereocenters. The molecule has 0 unspecified atom stereocenters. The molecule has 4 N–H and O–H groups in total. The van der Waals surface area contributed by atoms with E-state index in [4.69, 9.17) is 11.5 Å². The second-order valence-electron chi connectivity index (χ2n) is 2.91. The van der Waals surface area contributed by atoms with Crippen LogP contribution in [0.5, 0.6) is 0 Å². The van der Waals surface area contributed by atoms with Crippen molar-refractivity contribution in [2.45, 2.75) is 19.3 Å². The largest absolute Gasteiger partial charge is 0.384 e. The Morgan fingerprint density at radius 2 is 2.23 bits per heavy atom. The van der Waals surface area contributed by atoms with Crippen molar-refractivity contribution in [2.24, 2.45) is 5.73 Å². The smallest absolute Gasteiger partial charge is 0.217 e. The summed E-state index contributed by atoms with van der Waals surface area (Å²) in [5, 5.41) is 0. The number of aryl methyl sites for hydroxylation is 1. The summed E-state index contributed by atoms with van der Waals surface area (Å²) in [6.45, 7) is 0. The zero-order chi connectivity index (χ0) is 9.68. The van der Waals surface area contributed by atoms with Crippen LogP contribution in [0.4, 0.5) is 5.82 Å². The van der Waals surface area contributed by atoms with Crippen molar-refractivity contribution in [1.29, 1.82) is 0 Å². The fraction of sp³-hybridized carbons (Fsp3) is 0.333. The number of hydrogen-bond donors (Lipinski definition) is 2. The van der Waals surface area contributed by atoms with Gasteiger partial charge >= 0.3 is 0 Å². The van der Waals surface area contributed by atoms with E-state index in [0.29, 0.717) is 12.2 Å². The lowest BCUT2D eigenvalue weighted by atomic mass is 10.1. The quantitative estimate of drug-likeness (QED) is 0.704. The second-order valence-corrected chi connectivity index (χ2v) is 2.91. The number of hydrogen-bond acceptors (Lipinski definition) is 3. The van der Waals surface area contributed by atoms with Gasteiger partial charge in [0, 0.05) is 12.6 Å². The van der Waals surface area contributed by atoms with Crippen LogP contribution in [0.25, 0.3) is 0 Å². The van der Waals surface area contributed by atoms with Crippen LogP contribution in [-0.2, 0) is 11.2 Å². The molecular formula is C9H13N3O. The molecule has 4 nitrogen and oxygen atoms in total. The first-order valence-corrected chi connectivity index (χ1v) is 4.17. The first-order valence-electron chi connectivity index (χ1n) is 4.17. The van der Waals surface area contributed by atoms with Gasteiger partial charge in [0.15, 0.2) is 0 Å². The van der Waals surface area contributed by atoms with Crippen LogP contribution in [0.15, 0.2) is 18.3 Å². The molecule has 13 heavy (non-hydrogen) atoms. The van der Waals surface area contributed by atoms with Crippen molar-refractivity contribution < 1.29 is 4.79 Å². The van der Waals surface area contributed by atoms with Gasteiger partial charge in [0.05, 0.1) is 0 Å². The first kappa shape index (κ1) is 9.51. The number of pyridine rings is 1. The van der Waals surface area contributed by atoms with E-state index in [0.717, 1.165) is 18.4 Å². The van der Waals surface area contributed by atoms with E-state index in [1.54, 1.807) is 12.3 Å². The zero-order valence-electron chi connectivity index (χ0n) is 7.36. The summed E-state index contributed by atoms with van der Waals surface area (Å²) in [4.78, 5) is 14.4. The van der Waals surface area contributed by atoms with Crippen molar-refractivity contribution in [3.05, 3.63) is 23.9 Å². The summed E-state index contributed by atoms with van der Waals surface area (Å²) in [6.07, 6.45) is 3.72. The summed E-state index contributed by atoms with van der Waals surface area (Å²) < 4.78 is 0. The number of rotatable bonds is 4. The normalized spacial score (nSPS) is 9.85. The molecule has 0 aromatic carbocycles. The van der Waals surface area contributed by atoms with Crippen molar-refractivity contribution in [3.8, 4) is 0 Å². The molecule has 0 fully saturated rings. The predicted molar refractivity (Wildman–Crippen MR) is 50.8 cm³/mol. The highest BCUT2D eigenvalue weighted by molar-refractivity contribution is 5.73. The van der Waals surface area contributed by atoms with Crippen LogP contribution in [-0.4, -0.2) is 10.9 Å². The van der Waals surface area contributed by atoms with E-state index in [2.05, 4.69) is 4.98 Å². The summed E-state index contributed by atoms with van der Waals surface area (Å²) in [6, 6.07) is 3.66. The Hall–Kier alpha value is -1.58. The highest BCUT2D eigenvalue weighted by Crippen LogP contribution is 2.05. The Morgan fingerprint density at radius 3 is 2.77 bits per heavy atom. The SMILES string of the molecule is NC(=O)CCCc1ccc(N)nc1. The molecule has 0 aliphatic heterocycles. The van der Waals surface area contributed by atoms with Gasteiger partial charge in [0.25, 0.3) is 0 Å². The van der Waals surface area contributed by atoms with Crippen LogP contribution in [0.1, 0.15) is 18.4 Å². The average Bonchev–Trinajstić information content (AvgIpc) is 2.08. The van der Waals surface area contributed by atoms with E-state index < -0.39 is 0 Å². The summed E-state index contributed by atoms with van der Waals surface area (Å²) >= 11 is 0. The molecule has 0 saturated heterocycles. The molecule has 0 aliphatic carbocycles. The molecule has 4 heteroatoms. The highest BCUT2D eigenvalue weighted by atomic mass is 16.1. The van der Waals surface area contributed by atoms with Gasteiger partial charge in [0.1, 0.15) is 5.82 Å². The molecule has 1 heterocycles. The maximum absolute atomic E-state index is 10.4. The molecular weight excluding hydrogens is 166 g/mol. The topological polar surface area (TPSA) is 82.0 Å². The standard InChI is InChI=1S/C9H13N3O/c10-8-5-4-7(6-12-8)2-1-3-9(11)13/h4-6H,1-3H2,(H2,10,12)(H2,11,13). The van der Waals surface area contributed by atoms with E-state index >= 15 is 0 Å². The van der Waals surface area contributed by atoms with E-state index in [-0.39, 0.29) is 5.91 Å². The summed E-state index contributed by atoms with van der Waals surface area (Å²) in [5.41, 5.74) is 11.5. The van der Waals surface area contributed by atoms with Gasteiger partial charge < -0.3 is 11.5 Å². The number of nitrogens with zero attached hydrogens (tertiary/aromatic N) is 1. The Balaban J connectivity index is 2.37. The molecule has 70 valence electrons. The molecule has 1 aromatic rings. The van der Waals surface area contributed by atoms with Crippen molar-refractivity contribution in [2.75, 3.05) is 5.73 Å². The van der Waals surface area contributed by atoms with Gasteiger partial charge in [-0.1, -0.05) is 6.07 Å². The number of carbonyl (C=O) groups excluding carboxylic acids is 1. The van der Waals surface area contributed by atoms with Gasteiger partial charge in [-0.3, -0.25) is 4.79 Å². The third-order valence-corrected chi connectivity index (χ3v) is 1.74. The molecule has 0 radical (unpaired) electrons. The van der Waals surface area contributed by atoms with Gasteiger partial charge in [-0.25, -0.2) is 4.98 Å². The van der Waals surface area contributed by atoms with Gasteiger partial charge in [0.2, 0.25) is 5.91 Å². The number of carbonyl (C=O) groups is 1. The molecule has 0 spiro atoms. The Bertz CT molecular complexity index is 281. The lowest BCUT2D eigenvalue weighted by Crippen LogP contribution is -2.10. The fourth-order valence-corrected chi connectivity index (χ4v) is 1.05. The van der Waals surface area contributed by atoms with Crippen LogP contribution in [0.2, 0.25) is 0 Å². The third kappa shape index (κ3) is 3.55. The summed E-state index contributed by atoms with van der Waals surface area (Å²) in [5.74, 6) is 0.252. The fourth-order valence-electron chi connectivity index (χ4n) is 1.05. The second kappa shape index (κ2) is 4.45. The van der Waals surface area contributed by atoms with Crippen LogP contribution in [0, 0.1) is 0 Å². The molecule has 1 amide bonds. The number of aromatic nitrogens is 1. The molecule has 0 bridgehead atoms. The molecule has 1 aromatic heterocycles. The number of nitrogen functional groups attached to an aromatic ring is 1. The number of amides is 1. The predicted octanol–water partition coefficient (Wildman–Crippen LogP) is 0.472. The average molecular weight is 179 g/mol. The number of anilines is 1. The van der Waals surface area contributed by atoms with Crippen LogP contribution >= 0.6 is 0 Å². The van der Waals surface area contributed by atoms with Crippen molar-refractivity contribution >= 4 is 11.7 Å². The number of nitrogens with two attached hydrogens (primary N) is 2. The highest BCUT2D eigenvalue weighted by Gasteiger charge is 1.96. The van der Waals surface area contributed by atoms with Crippen molar-refractivity contribution in [1.82, 2.24) is 4.98 Å². The van der Waals surface area contributed by atoms with E-state index in [9.17, 15) is 4.79 Å². The molecule has 0 aliphatic rings. The van der Waals surface area contributed by atoms with Gasteiger partial charge in [-0.2, -0.15) is 0 Å². The minimum atomic E-state index is -0.261. The Morgan fingerprint density at radius 1 is 1.46 bits per heavy atom.